The van der Waals surface area contributed by atoms with Gasteiger partial charge in [-0.2, -0.15) is 0 Å². The first-order chi connectivity index (χ1) is 19.3. The highest BCUT2D eigenvalue weighted by Gasteiger charge is 2.22. The number of aliphatic hydroxyl groups is 1. The van der Waals surface area contributed by atoms with Crippen molar-refractivity contribution in [3.05, 3.63) is 135 Å². The molecule has 0 unspecified atom stereocenters. The summed E-state index contributed by atoms with van der Waals surface area (Å²) in [5, 5.41) is 17.0. The Labute approximate surface area is 246 Å². The van der Waals surface area contributed by atoms with Gasteiger partial charge in [-0.25, -0.2) is 8.78 Å². The molecule has 3 N–H and O–H groups in total. The second-order valence-electron chi connectivity index (χ2n) is 9.58. The zero-order chi connectivity index (χ0) is 28.3. The third-order valence-electron chi connectivity index (χ3n) is 6.30. The number of rotatable bonds is 13. The largest absolute Gasteiger partial charge is 0.489 e. The maximum absolute atomic E-state index is 13.8. The second-order valence-corrected chi connectivity index (χ2v) is 10.8. The van der Waals surface area contributed by atoms with Gasteiger partial charge in [0.2, 0.25) is 5.91 Å². The maximum atomic E-state index is 13.8. The van der Waals surface area contributed by atoms with Crippen LogP contribution in [0.15, 0.2) is 97.1 Å². The SMILES string of the molecule is O=C(Cc1ccc(OCc2ccccc2)cc1)N[C@@H](Cc1cc(F)cc(F)c1)[C@H](O)CNCc1cccc(I)c1. The number of aliphatic hydroxyl groups excluding tert-OH is 1. The number of hydrogen-bond donors (Lipinski definition) is 3. The number of carbonyl (C=O) groups excluding carboxylic acids is 1. The van der Waals surface area contributed by atoms with Crippen molar-refractivity contribution in [1.82, 2.24) is 10.6 Å². The molecule has 0 fully saturated rings. The highest BCUT2D eigenvalue weighted by molar-refractivity contribution is 14.1. The summed E-state index contributed by atoms with van der Waals surface area (Å²) in [5.41, 5.74) is 3.23. The molecule has 0 saturated carbocycles. The lowest BCUT2D eigenvalue weighted by Gasteiger charge is -2.25. The standard InChI is InChI=1S/C32H31F2IN2O3/c33-26-13-25(14-27(34)18-26)16-30(31(38)20-36-19-24-7-4-8-28(35)15-24)37-32(39)17-22-9-11-29(12-10-22)40-21-23-5-2-1-3-6-23/h1-15,18,30-31,36,38H,16-17,19-21H2,(H,37,39)/t30-,31+/m0/s1. The fourth-order valence-corrected chi connectivity index (χ4v) is 4.91. The Morgan fingerprint density at radius 3 is 2.23 bits per heavy atom. The van der Waals surface area contributed by atoms with Gasteiger partial charge in [0.05, 0.1) is 18.6 Å². The first-order valence-electron chi connectivity index (χ1n) is 13.0. The zero-order valence-electron chi connectivity index (χ0n) is 21.8. The molecule has 0 spiro atoms. The Kier molecular flexibility index (Phi) is 11.0. The van der Waals surface area contributed by atoms with Gasteiger partial charge in [0.15, 0.2) is 0 Å². The third kappa shape index (κ3) is 9.69. The predicted molar refractivity (Wildman–Crippen MR) is 160 cm³/mol. The molecule has 0 aliphatic heterocycles. The quantitative estimate of drug-likeness (QED) is 0.165. The van der Waals surface area contributed by atoms with Gasteiger partial charge in [-0.1, -0.05) is 54.6 Å². The third-order valence-corrected chi connectivity index (χ3v) is 6.97. The van der Waals surface area contributed by atoms with E-state index in [1.165, 1.54) is 12.1 Å². The summed E-state index contributed by atoms with van der Waals surface area (Å²) in [6.07, 6.45) is -0.847. The van der Waals surface area contributed by atoms with Crippen LogP contribution in [0.3, 0.4) is 0 Å². The number of ether oxygens (including phenoxy) is 1. The van der Waals surface area contributed by atoms with Crippen LogP contribution >= 0.6 is 22.6 Å². The summed E-state index contributed by atoms with van der Waals surface area (Å²) >= 11 is 2.24. The molecule has 0 saturated heterocycles. The molecule has 2 atom stereocenters. The number of hydrogen-bond acceptors (Lipinski definition) is 4. The molecule has 4 aromatic carbocycles. The van der Waals surface area contributed by atoms with Gasteiger partial charge in [0, 0.05) is 22.7 Å². The van der Waals surface area contributed by atoms with E-state index in [0.29, 0.717) is 24.5 Å². The molecule has 5 nitrogen and oxygen atoms in total. The average Bonchev–Trinajstić information content (AvgIpc) is 2.92. The van der Waals surface area contributed by atoms with Crippen LogP contribution in [-0.2, 0) is 30.8 Å². The molecule has 4 aromatic rings. The van der Waals surface area contributed by atoms with E-state index in [4.69, 9.17) is 4.74 Å². The molecule has 0 aromatic heterocycles. The Balaban J connectivity index is 1.36. The highest BCUT2D eigenvalue weighted by Crippen LogP contribution is 2.16. The van der Waals surface area contributed by atoms with Crippen molar-refractivity contribution in [2.75, 3.05) is 6.54 Å². The van der Waals surface area contributed by atoms with Crippen LogP contribution in [0.5, 0.6) is 5.75 Å². The van der Waals surface area contributed by atoms with E-state index in [2.05, 4.69) is 33.2 Å². The summed E-state index contributed by atoms with van der Waals surface area (Å²) < 4.78 is 34.6. The lowest BCUT2D eigenvalue weighted by Crippen LogP contribution is -2.49. The lowest BCUT2D eigenvalue weighted by molar-refractivity contribution is -0.122. The molecule has 0 aliphatic carbocycles. The van der Waals surface area contributed by atoms with Crippen LogP contribution in [0.4, 0.5) is 8.78 Å². The van der Waals surface area contributed by atoms with E-state index in [9.17, 15) is 18.7 Å². The monoisotopic (exact) mass is 656 g/mol. The van der Waals surface area contributed by atoms with Crippen molar-refractivity contribution in [2.24, 2.45) is 0 Å². The molecule has 0 heterocycles. The van der Waals surface area contributed by atoms with Gasteiger partial charge in [-0.15, -0.1) is 0 Å². The van der Waals surface area contributed by atoms with Crippen molar-refractivity contribution in [3.63, 3.8) is 0 Å². The van der Waals surface area contributed by atoms with Gasteiger partial charge >= 0.3 is 0 Å². The minimum absolute atomic E-state index is 0.0682. The van der Waals surface area contributed by atoms with Crippen LogP contribution < -0.4 is 15.4 Å². The molecule has 0 aliphatic rings. The average molecular weight is 657 g/mol. The highest BCUT2D eigenvalue weighted by atomic mass is 127. The molecule has 1 amide bonds. The molecule has 0 radical (unpaired) electrons. The van der Waals surface area contributed by atoms with Crippen molar-refractivity contribution >= 4 is 28.5 Å². The van der Waals surface area contributed by atoms with E-state index in [1.54, 1.807) is 0 Å². The van der Waals surface area contributed by atoms with Crippen LogP contribution in [0.25, 0.3) is 0 Å². The van der Waals surface area contributed by atoms with Crippen molar-refractivity contribution in [3.8, 4) is 5.75 Å². The number of halogens is 3. The fourth-order valence-electron chi connectivity index (χ4n) is 4.31. The Morgan fingerprint density at radius 1 is 0.825 bits per heavy atom. The Hall–Kier alpha value is -3.34. The summed E-state index contributed by atoms with van der Waals surface area (Å²) in [4.78, 5) is 13.0. The van der Waals surface area contributed by atoms with Gasteiger partial charge < -0.3 is 20.5 Å². The second kappa shape index (κ2) is 14.9. The molecule has 40 heavy (non-hydrogen) atoms. The van der Waals surface area contributed by atoms with E-state index < -0.39 is 23.8 Å². The molecule has 208 valence electrons. The van der Waals surface area contributed by atoms with Crippen molar-refractivity contribution in [2.45, 2.75) is 38.1 Å². The van der Waals surface area contributed by atoms with Crippen LogP contribution in [-0.4, -0.2) is 29.7 Å². The molecule has 0 bridgehead atoms. The van der Waals surface area contributed by atoms with Gasteiger partial charge in [0.25, 0.3) is 0 Å². The summed E-state index contributed by atoms with van der Waals surface area (Å²) in [6, 6.07) is 27.5. The first kappa shape index (κ1) is 29.6. The van der Waals surface area contributed by atoms with Gasteiger partial charge in [-0.3, -0.25) is 4.79 Å². The lowest BCUT2D eigenvalue weighted by atomic mass is 10.00. The van der Waals surface area contributed by atoms with E-state index >= 15 is 0 Å². The summed E-state index contributed by atoms with van der Waals surface area (Å²) in [5.74, 6) is -1.04. The van der Waals surface area contributed by atoms with Gasteiger partial charge in [-0.05, 0) is 87.7 Å². The van der Waals surface area contributed by atoms with Crippen LogP contribution in [0, 0.1) is 15.2 Å². The van der Waals surface area contributed by atoms with Crippen molar-refractivity contribution < 1.29 is 23.4 Å². The van der Waals surface area contributed by atoms with E-state index in [-0.39, 0.29) is 25.3 Å². The zero-order valence-corrected chi connectivity index (χ0v) is 24.0. The number of nitrogens with one attached hydrogen (secondary N) is 2. The number of amides is 1. The topological polar surface area (TPSA) is 70.6 Å². The normalized spacial score (nSPS) is 12.5. The Morgan fingerprint density at radius 2 is 1.52 bits per heavy atom. The minimum Gasteiger partial charge on any atom is -0.489 e. The minimum atomic E-state index is -0.994. The summed E-state index contributed by atoms with van der Waals surface area (Å²) in [6.45, 7) is 1.15. The van der Waals surface area contributed by atoms with E-state index in [0.717, 1.165) is 26.3 Å². The molecule has 8 heteroatoms. The number of benzene rings is 4. The predicted octanol–water partition coefficient (Wildman–Crippen LogP) is 5.57. The van der Waals surface area contributed by atoms with Crippen LogP contribution in [0.2, 0.25) is 0 Å². The van der Waals surface area contributed by atoms with E-state index in [1.807, 2.05) is 78.9 Å². The molecular weight excluding hydrogens is 625 g/mol. The van der Waals surface area contributed by atoms with Gasteiger partial charge in [0.1, 0.15) is 24.0 Å². The first-order valence-corrected chi connectivity index (χ1v) is 14.0. The fraction of sp³-hybridized carbons (Fsp3) is 0.219. The molecular formula is C32H31F2IN2O3. The Bertz CT molecular complexity index is 1370. The van der Waals surface area contributed by atoms with Crippen LogP contribution in [0.1, 0.15) is 22.3 Å². The smallest absolute Gasteiger partial charge is 0.224 e. The summed E-state index contributed by atoms with van der Waals surface area (Å²) in [7, 11) is 0. The van der Waals surface area contributed by atoms with Crippen molar-refractivity contribution in [1.29, 1.82) is 0 Å². The number of carbonyl (C=O) groups is 1. The molecule has 4 rings (SSSR count). The maximum Gasteiger partial charge on any atom is 0.224 e.